The van der Waals surface area contributed by atoms with Crippen LogP contribution < -0.4 is 14.8 Å². The zero-order valence-electron chi connectivity index (χ0n) is 21.6. The van der Waals surface area contributed by atoms with Gasteiger partial charge in [0.25, 0.3) is 0 Å². The second kappa shape index (κ2) is 9.38. The van der Waals surface area contributed by atoms with Gasteiger partial charge in [0.05, 0.1) is 19.3 Å². The van der Waals surface area contributed by atoms with Crippen LogP contribution in [0.3, 0.4) is 0 Å². The van der Waals surface area contributed by atoms with Crippen LogP contribution in [0.1, 0.15) is 56.3 Å². The van der Waals surface area contributed by atoms with Crippen molar-refractivity contribution in [3.05, 3.63) is 47.0 Å². The van der Waals surface area contributed by atoms with Crippen molar-refractivity contribution < 1.29 is 19.0 Å². The number of fused-ring (bicyclic) bond motifs is 4. The monoisotopic (exact) mass is 478 g/mol. The van der Waals surface area contributed by atoms with Crippen LogP contribution in [0, 0.1) is 25.2 Å². The summed E-state index contributed by atoms with van der Waals surface area (Å²) in [5.41, 5.74) is 5.20. The zero-order valence-corrected chi connectivity index (χ0v) is 21.6. The molecule has 6 nitrogen and oxygen atoms in total. The fraction of sp³-hybridized carbons (Fsp3) is 0.552. The number of piperidine rings is 3. The number of carbonyl (C=O) groups excluding carboxylic acids is 1. The summed E-state index contributed by atoms with van der Waals surface area (Å²) in [4.78, 5) is 15.4. The normalized spacial score (nSPS) is 26.4. The lowest BCUT2D eigenvalue weighted by atomic mass is 9.78. The first-order chi connectivity index (χ1) is 16.7. The molecule has 1 unspecified atom stereocenters. The molecule has 0 spiro atoms. The zero-order chi connectivity index (χ0) is 24.7. The highest BCUT2D eigenvalue weighted by molar-refractivity contribution is 5.71. The maximum atomic E-state index is 13.0. The summed E-state index contributed by atoms with van der Waals surface area (Å²) < 4.78 is 18.0. The van der Waals surface area contributed by atoms with E-state index in [2.05, 4.69) is 68.2 Å². The Kier molecular flexibility index (Phi) is 6.43. The number of nitrogens with one attached hydrogen (secondary N) is 1. The third-order valence-electron chi connectivity index (χ3n) is 7.90. The van der Waals surface area contributed by atoms with E-state index >= 15 is 0 Å². The largest absolute Gasteiger partial charge is 0.493 e. The third kappa shape index (κ3) is 4.73. The van der Waals surface area contributed by atoms with Crippen LogP contribution >= 0.6 is 0 Å². The molecule has 6 heteroatoms. The maximum absolute atomic E-state index is 13.0. The highest BCUT2D eigenvalue weighted by Crippen LogP contribution is 2.44. The van der Waals surface area contributed by atoms with Gasteiger partial charge in [-0.25, -0.2) is 4.79 Å². The molecule has 2 bridgehead atoms. The Hall–Kier alpha value is -2.73. The second-order valence-corrected chi connectivity index (χ2v) is 11.1. The van der Waals surface area contributed by atoms with Crippen molar-refractivity contribution in [3.8, 4) is 22.6 Å². The summed E-state index contributed by atoms with van der Waals surface area (Å²) in [6.45, 7) is 14.7. The van der Waals surface area contributed by atoms with Crippen molar-refractivity contribution >= 4 is 6.09 Å². The number of rotatable bonds is 5. The summed E-state index contributed by atoms with van der Waals surface area (Å²) in [6.07, 6.45) is 1.91. The van der Waals surface area contributed by atoms with Gasteiger partial charge in [-0.2, -0.15) is 0 Å². The lowest BCUT2D eigenvalue weighted by molar-refractivity contribution is -0.0361. The molecule has 4 aliphatic rings. The van der Waals surface area contributed by atoms with Gasteiger partial charge in [-0.05, 0) is 93.1 Å². The quantitative estimate of drug-likeness (QED) is 0.602. The minimum atomic E-state index is -0.323. The van der Waals surface area contributed by atoms with Crippen LogP contribution in [0.5, 0.6) is 11.5 Å². The molecule has 3 saturated heterocycles. The molecule has 0 radical (unpaired) electrons. The highest BCUT2D eigenvalue weighted by Gasteiger charge is 2.41. The fourth-order valence-corrected chi connectivity index (χ4v) is 5.94. The Morgan fingerprint density at radius 2 is 1.83 bits per heavy atom. The average Bonchev–Trinajstić information content (AvgIpc) is 2.83. The molecule has 188 valence electrons. The van der Waals surface area contributed by atoms with E-state index in [1.807, 2.05) is 6.92 Å². The van der Waals surface area contributed by atoms with Crippen molar-refractivity contribution in [3.63, 3.8) is 0 Å². The lowest BCUT2D eigenvalue weighted by Gasteiger charge is -2.44. The van der Waals surface area contributed by atoms with Crippen LogP contribution in [0.25, 0.3) is 11.1 Å². The van der Waals surface area contributed by atoms with E-state index in [-0.39, 0.29) is 23.7 Å². The molecular formula is C29H38N2O4. The second-order valence-electron chi connectivity index (χ2n) is 11.1. The molecule has 2 aromatic carbocycles. The Morgan fingerprint density at radius 1 is 1.11 bits per heavy atom. The molecule has 1 amide bonds. The van der Waals surface area contributed by atoms with Crippen molar-refractivity contribution in [2.24, 2.45) is 11.3 Å². The van der Waals surface area contributed by atoms with Gasteiger partial charge in [-0.3, -0.25) is 4.90 Å². The number of alkyl carbamates (subject to hydrolysis) is 1. The Balaban J connectivity index is 1.36. The number of nitrogens with zero attached hydrogens (tertiary/aromatic N) is 1. The van der Waals surface area contributed by atoms with Gasteiger partial charge in [0, 0.05) is 17.5 Å². The minimum absolute atomic E-state index is 0.00608. The molecule has 3 fully saturated rings. The SMILES string of the molecule is CCOc1c(C)cc(-c2ccc3c(c2)OCC(C)(C)C3NC(=O)O[C@H]2CN3CCC2CC3)cc1C. The van der Waals surface area contributed by atoms with E-state index in [1.165, 1.54) is 0 Å². The summed E-state index contributed by atoms with van der Waals surface area (Å²) >= 11 is 0. The van der Waals surface area contributed by atoms with Gasteiger partial charge in [0.2, 0.25) is 0 Å². The van der Waals surface area contributed by atoms with Crippen molar-refractivity contribution in [1.29, 1.82) is 0 Å². The third-order valence-corrected chi connectivity index (χ3v) is 7.90. The van der Waals surface area contributed by atoms with Gasteiger partial charge in [-0.15, -0.1) is 0 Å². The predicted octanol–water partition coefficient (Wildman–Crippen LogP) is 5.65. The van der Waals surface area contributed by atoms with Gasteiger partial charge in [0.15, 0.2) is 0 Å². The van der Waals surface area contributed by atoms with E-state index in [1.54, 1.807) is 0 Å². The van der Waals surface area contributed by atoms with E-state index < -0.39 is 0 Å². The standard InChI is InChI=1S/C29H38N2O4/c1-6-33-26-18(2)13-22(14-19(26)3)21-7-8-23-24(15-21)34-17-29(4,5)27(23)30-28(32)35-25-16-31-11-9-20(25)10-12-31/h7-8,13-15,20,25,27H,6,9-12,16-17H2,1-5H3,(H,30,32)/t25-,27?/m0/s1. The van der Waals surface area contributed by atoms with Crippen LogP contribution in [0.4, 0.5) is 4.79 Å². The molecule has 4 heterocycles. The summed E-state index contributed by atoms with van der Waals surface area (Å²) in [7, 11) is 0. The summed E-state index contributed by atoms with van der Waals surface area (Å²) in [5.74, 6) is 2.27. The Bertz CT molecular complexity index is 1080. The fourth-order valence-electron chi connectivity index (χ4n) is 5.94. The van der Waals surface area contributed by atoms with E-state index in [0.717, 1.165) is 71.8 Å². The molecule has 0 saturated carbocycles. The average molecular weight is 479 g/mol. The Labute approximate surface area is 208 Å². The number of benzene rings is 2. The summed E-state index contributed by atoms with van der Waals surface area (Å²) in [6, 6.07) is 10.4. The number of hydrogen-bond donors (Lipinski definition) is 1. The molecule has 0 aromatic heterocycles. The van der Waals surface area contributed by atoms with Gasteiger partial charge in [0.1, 0.15) is 17.6 Å². The highest BCUT2D eigenvalue weighted by atomic mass is 16.6. The smallest absolute Gasteiger partial charge is 0.407 e. The molecule has 4 aliphatic heterocycles. The minimum Gasteiger partial charge on any atom is -0.493 e. The lowest BCUT2D eigenvalue weighted by Crippen LogP contribution is -2.53. The number of carbonyl (C=O) groups is 1. The van der Waals surface area contributed by atoms with Crippen molar-refractivity contribution in [1.82, 2.24) is 10.2 Å². The van der Waals surface area contributed by atoms with Crippen LogP contribution in [-0.4, -0.2) is 49.9 Å². The number of aryl methyl sites for hydroxylation is 2. The first-order valence-electron chi connectivity index (χ1n) is 13.0. The van der Waals surface area contributed by atoms with Crippen LogP contribution in [-0.2, 0) is 4.74 Å². The van der Waals surface area contributed by atoms with Crippen molar-refractivity contribution in [2.75, 3.05) is 32.8 Å². The molecule has 1 N–H and O–H groups in total. The molecule has 2 aromatic rings. The molecule has 2 atom stereocenters. The van der Waals surface area contributed by atoms with Gasteiger partial charge < -0.3 is 19.5 Å². The summed E-state index contributed by atoms with van der Waals surface area (Å²) in [5, 5.41) is 3.19. The van der Waals surface area contributed by atoms with Gasteiger partial charge >= 0.3 is 6.09 Å². The molecule has 6 rings (SSSR count). The van der Waals surface area contributed by atoms with E-state index in [4.69, 9.17) is 14.2 Å². The van der Waals surface area contributed by atoms with Crippen LogP contribution in [0.15, 0.2) is 30.3 Å². The molecule has 35 heavy (non-hydrogen) atoms. The van der Waals surface area contributed by atoms with E-state index in [0.29, 0.717) is 19.1 Å². The van der Waals surface area contributed by atoms with Crippen molar-refractivity contribution in [2.45, 2.75) is 59.6 Å². The Morgan fingerprint density at radius 3 is 2.46 bits per heavy atom. The number of ether oxygens (including phenoxy) is 3. The van der Waals surface area contributed by atoms with Crippen LogP contribution in [0.2, 0.25) is 0 Å². The predicted molar refractivity (Wildman–Crippen MR) is 137 cm³/mol. The first kappa shape index (κ1) is 24.0. The first-order valence-corrected chi connectivity index (χ1v) is 13.0. The number of hydrogen-bond acceptors (Lipinski definition) is 5. The molecular weight excluding hydrogens is 440 g/mol. The molecule has 0 aliphatic carbocycles. The number of amides is 1. The topological polar surface area (TPSA) is 60.0 Å². The maximum Gasteiger partial charge on any atom is 0.407 e. The van der Waals surface area contributed by atoms with E-state index in [9.17, 15) is 4.79 Å². The van der Waals surface area contributed by atoms with Gasteiger partial charge in [-0.1, -0.05) is 26.0 Å².